The predicted molar refractivity (Wildman–Crippen MR) is 74.4 cm³/mol. The molecule has 0 aliphatic carbocycles. The molecule has 2 rings (SSSR count). The molecule has 2 aromatic rings. The minimum Gasteiger partial charge on any atom is -0.469 e. The number of fused-ring (bicyclic) bond motifs is 1. The lowest BCUT2D eigenvalue weighted by atomic mass is 10.3. The van der Waals surface area contributed by atoms with Crippen molar-refractivity contribution in [3.63, 3.8) is 0 Å². The number of esters is 1. The Balaban J connectivity index is 2.10. The van der Waals surface area contributed by atoms with Crippen LogP contribution in [0.15, 0.2) is 35.3 Å². The molecule has 20 heavy (non-hydrogen) atoms. The molecule has 0 aromatic carbocycles. The van der Waals surface area contributed by atoms with E-state index in [1.807, 2.05) is 18.0 Å². The lowest BCUT2D eigenvalue weighted by Crippen LogP contribution is -2.24. The third-order valence-corrected chi connectivity index (χ3v) is 2.98. The van der Waals surface area contributed by atoms with E-state index in [2.05, 4.69) is 9.72 Å². The molecule has 2 aromatic heterocycles. The van der Waals surface area contributed by atoms with E-state index in [4.69, 9.17) is 0 Å². The molecule has 0 bridgehead atoms. The van der Waals surface area contributed by atoms with Crippen LogP contribution in [0, 0.1) is 0 Å². The van der Waals surface area contributed by atoms with Crippen LogP contribution < -0.4 is 5.56 Å². The Kier molecular flexibility index (Phi) is 4.47. The van der Waals surface area contributed by atoms with Gasteiger partial charge in [0.25, 0.3) is 5.56 Å². The van der Waals surface area contributed by atoms with Crippen molar-refractivity contribution in [1.29, 1.82) is 0 Å². The van der Waals surface area contributed by atoms with Crippen molar-refractivity contribution < 1.29 is 9.53 Å². The first-order chi connectivity index (χ1) is 9.60. The number of carbonyl (C=O) groups is 1. The summed E-state index contributed by atoms with van der Waals surface area (Å²) in [6.45, 7) is 1.07. The summed E-state index contributed by atoms with van der Waals surface area (Å²) in [5.74, 6) is -0.247. The second-order valence-corrected chi connectivity index (χ2v) is 4.58. The van der Waals surface area contributed by atoms with Crippen LogP contribution in [0.2, 0.25) is 0 Å². The molecule has 0 amide bonds. The Labute approximate surface area is 116 Å². The van der Waals surface area contributed by atoms with Gasteiger partial charge in [-0.15, -0.1) is 0 Å². The third-order valence-electron chi connectivity index (χ3n) is 2.98. The van der Waals surface area contributed by atoms with Crippen molar-refractivity contribution >= 4 is 11.6 Å². The first-order valence-electron chi connectivity index (χ1n) is 6.33. The summed E-state index contributed by atoms with van der Waals surface area (Å²) in [5, 5.41) is 0. The standard InChI is InChI=1S/C14H17N3O3/c1-16(8-6-14(19)20-2)10-11-9-13(18)17-7-4-3-5-12(17)15-11/h3-5,7,9H,6,8,10H2,1-2H3. The molecule has 106 valence electrons. The van der Waals surface area contributed by atoms with Gasteiger partial charge in [-0.2, -0.15) is 0 Å². The molecular formula is C14H17N3O3. The smallest absolute Gasteiger partial charge is 0.306 e. The van der Waals surface area contributed by atoms with E-state index in [0.717, 1.165) is 0 Å². The van der Waals surface area contributed by atoms with Crippen LogP contribution in [0.4, 0.5) is 0 Å². The van der Waals surface area contributed by atoms with Crippen LogP contribution in [0.3, 0.4) is 0 Å². The highest BCUT2D eigenvalue weighted by Gasteiger charge is 2.07. The second-order valence-electron chi connectivity index (χ2n) is 4.58. The van der Waals surface area contributed by atoms with Crippen LogP contribution in [-0.4, -0.2) is 41.0 Å². The van der Waals surface area contributed by atoms with Crippen LogP contribution in [0.25, 0.3) is 5.65 Å². The fourth-order valence-electron chi connectivity index (χ4n) is 1.92. The molecular weight excluding hydrogens is 258 g/mol. The topological polar surface area (TPSA) is 63.9 Å². The summed E-state index contributed by atoms with van der Waals surface area (Å²) >= 11 is 0. The zero-order valence-corrected chi connectivity index (χ0v) is 11.6. The number of nitrogens with zero attached hydrogens (tertiary/aromatic N) is 3. The number of aromatic nitrogens is 2. The summed E-state index contributed by atoms with van der Waals surface area (Å²) in [7, 11) is 3.24. The summed E-state index contributed by atoms with van der Waals surface area (Å²) in [4.78, 5) is 29.4. The van der Waals surface area contributed by atoms with Crippen molar-refractivity contribution in [2.45, 2.75) is 13.0 Å². The van der Waals surface area contributed by atoms with Crippen molar-refractivity contribution in [3.05, 3.63) is 46.5 Å². The van der Waals surface area contributed by atoms with Crippen LogP contribution >= 0.6 is 0 Å². The maximum atomic E-state index is 11.9. The van der Waals surface area contributed by atoms with Gasteiger partial charge in [0.2, 0.25) is 0 Å². The molecule has 0 saturated carbocycles. The van der Waals surface area contributed by atoms with E-state index in [-0.39, 0.29) is 11.5 Å². The Hall–Kier alpha value is -2.21. The first kappa shape index (κ1) is 14.2. The van der Waals surface area contributed by atoms with E-state index >= 15 is 0 Å². The Morgan fingerprint density at radius 1 is 1.45 bits per heavy atom. The Bertz CT molecular complexity index is 666. The van der Waals surface area contributed by atoms with Crippen LogP contribution in [-0.2, 0) is 16.1 Å². The second kappa shape index (κ2) is 6.29. The number of methoxy groups -OCH3 is 1. The highest BCUT2D eigenvalue weighted by Crippen LogP contribution is 2.02. The molecule has 0 saturated heterocycles. The highest BCUT2D eigenvalue weighted by molar-refractivity contribution is 5.69. The summed E-state index contributed by atoms with van der Waals surface area (Å²) < 4.78 is 6.09. The van der Waals surface area contributed by atoms with Gasteiger partial charge in [-0.3, -0.25) is 18.9 Å². The van der Waals surface area contributed by atoms with E-state index in [1.165, 1.54) is 17.6 Å². The molecule has 0 radical (unpaired) electrons. The Morgan fingerprint density at radius 2 is 2.25 bits per heavy atom. The van der Waals surface area contributed by atoms with Gasteiger partial charge in [0.1, 0.15) is 5.65 Å². The van der Waals surface area contributed by atoms with Gasteiger partial charge in [-0.05, 0) is 19.2 Å². The highest BCUT2D eigenvalue weighted by atomic mass is 16.5. The fraction of sp³-hybridized carbons (Fsp3) is 0.357. The molecule has 0 fully saturated rings. The minimum atomic E-state index is -0.247. The normalized spacial score (nSPS) is 10.9. The van der Waals surface area contributed by atoms with E-state index in [1.54, 1.807) is 18.3 Å². The zero-order chi connectivity index (χ0) is 14.5. The van der Waals surface area contributed by atoms with Crippen molar-refractivity contribution in [2.24, 2.45) is 0 Å². The molecule has 0 aliphatic rings. The van der Waals surface area contributed by atoms with E-state index in [0.29, 0.717) is 30.9 Å². The molecule has 0 N–H and O–H groups in total. The molecule has 2 heterocycles. The predicted octanol–water partition coefficient (Wildman–Crippen LogP) is 0.689. The summed E-state index contributed by atoms with van der Waals surface area (Å²) in [5.41, 5.74) is 1.21. The Morgan fingerprint density at radius 3 is 3.00 bits per heavy atom. The maximum absolute atomic E-state index is 11.9. The summed E-state index contributed by atoms with van der Waals surface area (Å²) in [6.07, 6.45) is 2.01. The molecule has 0 spiro atoms. The molecule has 6 heteroatoms. The van der Waals surface area contributed by atoms with Crippen molar-refractivity contribution in [2.75, 3.05) is 20.7 Å². The average molecular weight is 275 g/mol. The van der Waals surface area contributed by atoms with Crippen molar-refractivity contribution in [1.82, 2.24) is 14.3 Å². The number of rotatable bonds is 5. The quantitative estimate of drug-likeness (QED) is 0.751. The number of carbonyl (C=O) groups excluding carboxylic acids is 1. The molecule has 6 nitrogen and oxygen atoms in total. The van der Waals surface area contributed by atoms with E-state index in [9.17, 15) is 9.59 Å². The molecule has 0 unspecified atom stereocenters. The number of pyridine rings is 1. The number of ether oxygens (including phenoxy) is 1. The SMILES string of the molecule is COC(=O)CCN(C)Cc1cc(=O)n2ccccc2n1. The third kappa shape index (κ3) is 3.42. The average Bonchev–Trinajstić information content (AvgIpc) is 2.44. The van der Waals surface area contributed by atoms with Gasteiger partial charge >= 0.3 is 5.97 Å². The van der Waals surface area contributed by atoms with Gasteiger partial charge in [0.05, 0.1) is 19.2 Å². The lowest BCUT2D eigenvalue weighted by molar-refractivity contribution is -0.140. The largest absolute Gasteiger partial charge is 0.469 e. The monoisotopic (exact) mass is 275 g/mol. The van der Waals surface area contributed by atoms with Gasteiger partial charge in [-0.1, -0.05) is 6.07 Å². The van der Waals surface area contributed by atoms with Gasteiger partial charge < -0.3 is 4.74 Å². The molecule has 0 aliphatic heterocycles. The minimum absolute atomic E-state index is 0.105. The zero-order valence-electron chi connectivity index (χ0n) is 11.6. The van der Waals surface area contributed by atoms with Crippen LogP contribution in [0.1, 0.15) is 12.1 Å². The maximum Gasteiger partial charge on any atom is 0.306 e. The fourth-order valence-corrected chi connectivity index (χ4v) is 1.92. The van der Waals surface area contributed by atoms with Crippen LogP contribution in [0.5, 0.6) is 0 Å². The van der Waals surface area contributed by atoms with E-state index < -0.39 is 0 Å². The lowest BCUT2D eigenvalue weighted by Gasteiger charge is -2.15. The van der Waals surface area contributed by atoms with Gasteiger partial charge in [-0.25, -0.2) is 4.98 Å². The van der Waals surface area contributed by atoms with Crippen molar-refractivity contribution in [3.8, 4) is 0 Å². The first-order valence-corrected chi connectivity index (χ1v) is 6.33. The number of hydrogen-bond donors (Lipinski definition) is 0. The molecule has 0 atom stereocenters. The van der Waals surface area contributed by atoms with Gasteiger partial charge in [0, 0.05) is 25.4 Å². The van der Waals surface area contributed by atoms with Gasteiger partial charge in [0.15, 0.2) is 0 Å². The number of hydrogen-bond acceptors (Lipinski definition) is 5. The summed E-state index contributed by atoms with van der Waals surface area (Å²) in [6, 6.07) is 6.94.